The molecule has 0 aliphatic heterocycles. The lowest BCUT2D eigenvalue weighted by molar-refractivity contribution is 0.284. The zero-order valence-corrected chi connectivity index (χ0v) is 16.2. The highest BCUT2D eigenvalue weighted by atomic mass is 16.5. The molecule has 5 heteroatoms. The van der Waals surface area contributed by atoms with E-state index in [2.05, 4.69) is 41.2 Å². The number of rotatable bonds is 6. The summed E-state index contributed by atoms with van der Waals surface area (Å²) in [4.78, 5) is 7.99. The Morgan fingerprint density at radius 2 is 1.68 bits per heavy atom. The third-order valence-electron chi connectivity index (χ3n) is 4.64. The van der Waals surface area contributed by atoms with Crippen molar-refractivity contribution in [3.8, 4) is 28.6 Å². The third-order valence-corrected chi connectivity index (χ3v) is 4.64. The molecule has 3 aromatic carbocycles. The summed E-state index contributed by atoms with van der Waals surface area (Å²) in [5, 5.41) is 0. The van der Waals surface area contributed by atoms with Gasteiger partial charge in [0.2, 0.25) is 0 Å². The molecule has 28 heavy (non-hydrogen) atoms. The molecule has 0 atom stereocenters. The number of nitrogens with zero attached hydrogens (tertiary/aromatic N) is 1. The van der Waals surface area contributed by atoms with E-state index in [1.54, 1.807) is 14.2 Å². The van der Waals surface area contributed by atoms with Crippen molar-refractivity contribution in [3.05, 3.63) is 71.8 Å². The predicted molar refractivity (Wildman–Crippen MR) is 110 cm³/mol. The number of benzene rings is 3. The summed E-state index contributed by atoms with van der Waals surface area (Å²) in [5.74, 6) is 2.93. The van der Waals surface area contributed by atoms with E-state index in [4.69, 9.17) is 14.2 Å². The molecular weight excluding hydrogens is 352 g/mol. The van der Waals surface area contributed by atoms with E-state index in [9.17, 15) is 0 Å². The van der Waals surface area contributed by atoms with Crippen molar-refractivity contribution in [2.24, 2.45) is 0 Å². The summed E-state index contributed by atoms with van der Waals surface area (Å²) >= 11 is 0. The van der Waals surface area contributed by atoms with Crippen LogP contribution in [0.5, 0.6) is 17.2 Å². The van der Waals surface area contributed by atoms with Crippen LogP contribution >= 0.6 is 0 Å². The van der Waals surface area contributed by atoms with Crippen molar-refractivity contribution in [3.63, 3.8) is 0 Å². The Hall–Kier alpha value is -3.47. The molecule has 0 fully saturated rings. The molecule has 4 rings (SSSR count). The zero-order chi connectivity index (χ0) is 19.5. The Balaban J connectivity index is 1.58. The van der Waals surface area contributed by atoms with Crippen molar-refractivity contribution in [2.45, 2.75) is 13.5 Å². The average molecular weight is 374 g/mol. The number of nitrogens with one attached hydrogen (secondary N) is 1. The first-order chi connectivity index (χ1) is 13.7. The Kier molecular flexibility index (Phi) is 4.89. The number of H-pyrrole nitrogens is 1. The monoisotopic (exact) mass is 374 g/mol. The van der Waals surface area contributed by atoms with Crippen LogP contribution in [0.3, 0.4) is 0 Å². The van der Waals surface area contributed by atoms with Crippen LogP contribution in [0.1, 0.15) is 11.1 Å². The standard InChI is InChI=1S/C23H22N2O3/c1-15-4-6-16(7-5-15)14-28-21-11-8-17(12-22(21)27-3)23-24-19-10-9-18(26-2)13-20(19)25-23/h4-13H,14H2,1-3H3,(H,24,25). The zero-order valence-electron chi connectivity index (χ0n) is 16.2. The van der Waals surface area contributed by atoms with Crippen LogP contribution in [-0.4, -0.2) is 24.2 Å². The minimum absolute atomic E-state index is 0.487. The van der Waals surface area contributed by atoms with Gasteiger partial charge in [-0.25, -0.2) is 4.98 Å². The number of hydrogen-bond donors (Lipinski definition) is 1. The molecule has 1 N–H and O–H groups in total. The Morgan fingerprint density at radius 3 is 2.43 bits per heavy atom. The second-order valence-electron chi connectivity index (χ2n) is 6.61. The highest BCUT2D eigenvalue weighted by Crippen LogP contribution is 2.33. The summed E-state index contributed by atoms with van der Waals surface area (Å²) in [7, 11) is 3.29. The van der Waals surface area contributed by atoms with Crippen LogP contribution in [0.25, 0.3) is 22.4 Å². The van der Waals surface area contributed by atoms with E-state index < -0.39 is 0 Å². The topological polar surface area (TPSA) is 56.4 Å². The molecular formula is C23H22N2O3. The lowest BCUT2D eigenvalue weighted by atomic mass is 10.1. The van der Waals surface area contributed by atoms with Crippen molar-refractivity contribution in [2.75, 3.05) is 14.2 Å². The Morgan fingerprint density at radius 1 is 0.857 bits per heavy atom. The molecule has 0 saturated heterocycles. The van der Waals surface area contributed by atoms with E-state index in [1.165, 1.54) is 5.56 Å². The highest BCUT2D eigenvalue weighted by molar-refractivity contribution is 5.81. The fourth-order valence-corrected chi connectivity index (χ4v) is 3.03. The first kappa shape index (κ1) is 17.9. The molecule has 142 valence electrons. The predicted octanol–water partition coefficient (Wildman–Crippen LogP) is 5.13. The number of aromatic nitrogens is 2. The fraction of sp³-hybridized carbons (Fsp3) is 0.174. The molecule has 0 bridgehead atoms. The van der Waals surface area contributed by atoms with Gasteiger partial charge in [-0.2, -0.15) is 0 Å². The first-order valence-electron chi connectivity index (χ1n) is 9.07. The second kappa shape index (κ2) is 7.64. The second-order valence-corrected chi connectivity index (χ2v) is 6.61. The number of methoxy groups -OCH3 is 2. The largest absolute Gasteiger partial charge is 0.497 e. The minimum atomic E-state index is 0.487. The van der Waals surface area contributed by atoms with Gasteiger partial charge in [-0.05, 0) is 42.8 Å². The Bertz CT molecular complexity index is 1100. The van der Waals surface area contributed by atoms with Crippen LogP contribution in [0, 0.1) is 6.92 Å². The van der Waals surface area contributed by atoms with E-state index >= 15 is 0 Å². The van der Waals surface area contributed by atoms with Gasteiger partial charge in [-0.1, -0.05) is 29.8 Å². The van der Waals surface area contributed by atoms with Crippen molar-refractivity contribution < 1.29 is 14.2 Å². The summed E-state index contributed by atoms with van der Waals surface area (Å²) in [6.45, 7) is 2.56. The molecule has 0 radical (unpaired) electrons. The summed E-state index contributed by atoms with van der Waals surface area (Å²) in [6, 6.07) is 19.9. The molecule has 0 spiro atoms. The molecule has 1 heterocycles. The first-order valence-corrected chi connectivity index (χ1v) is 9.07. The smallest absolute Gasteiger partial charge is 0.161 e. The third kappa shape index (κ3) is 3.64. The van der Waals surface area contributed by atoms with Crippen LogP contribution < -0.4 is 14.2 Å². The van der Waals surface area contributed by atoms with Gasteiger partial charge in [0, 0.05) is 11.6 Å². The van der Waals surface area contributed by atoms with E-state index in [-0.39, 0.29) is 0 Å². The number of aromatic amines is 1. The molecule has 0 aliphatic rings. The summed E-state index contributed by atoms with van der Waals surface area (Å²) in [6.07, 6.45) is 0. The average Bonchev–Trinajstić information content (AvgIpc) is 3.16. The SMILES string of the molecule is COc1ccc2nc(-c3ccc(OCc4ccc(C)cc4)c(OC)c3)[nH]c2c1. The van der Waals surface area contributed by atoms with Gasteiger partial charge in [-0.3, -0.25) is 0 Å². The molecule has 0 saturated carbocycles. The van der Waals surface area contributed by atoms with Crippen molar-refractivity contribution in [1.82, 2.24) is 9.97 Å². The number of hydrogen-bond acceptors (Lipinski definition) is 4. The van der Waals surface area contributed by atoms with Crippen LogP contribution in [-0.2, 0) is 6.61 Å². The van der Waals surface area contributed by atoms with Crippen LogP contribution in [0.15, 0.2) is 60.7 Å². The normalized spacial score (nSPS) is 10.8. The van der Waals surface area contributed by atoms with E-state index in [0.717, 1.165) is 33.7 Å². The number of aryl methyl sites for hydroxylation is 1. The Labute approximate surface area is 163 Å². The van der Waals surface area contributed by atoms with Gasteiger partial charge in [0.1, 0.15) is 18.2 Å². The maximum atomic E-state index is 5.96. The van der Waals surface area contributed by atoms with E-state index in [0.29, 0.717) is 18.1 Å². The highest BCUT2D eigenvalue weighted by Gasteiger charge is 2.11. The number of ether oxygens (including phenoxy) is 3. The van der Waals surface area contributed by atoms with Gasteiger partial charge in [-0.15, -0.1) is 0 Å². The molecule has 5 nitrogen and oxygen atoms in total. The molecule has 0 aliphatic carbocycles. The van der Waals surface area contributed by atoms with Gasteiger partial charge < -0.3 is 19.2 Å². The quantitative estimate of drug-likeness (QED) is 0.508. The summed E-state index contributed by atoms with van der Waals surface area (Å²) in [5.41, 5.74) is 5.08. The van der Waals surface area contributed by atoms with Crippen molar-refractivity contribution >= 4 is 11.0 Å². The molecule has 1 aromatic heterocycles. The van der Waals surface area contributed by atoms with E-state index in [1.807, 2.05) is 36.4 Å². The molecule has 0 unspecified atom stereocenters. The lowest BCUT2D eigenvalue weighted by Crippen LogP contribution is -1.98. The maximum absolute atomic E-state index is 5.96. The van der Waals surface area contributed by atoms with Crippen molar-refractivity contribution in [1.29, 1.82) is 0 Å². The van der Waals surface area contributed by atoms with Gasteiger partial charge in [0.25, 0.3) is 0 Å². The number of fused-ring (bicyclic) bond motifs is 1. The van der Waals surface area contributed by atoms with Gasteiger partial charge >= 0.3 is 0 Å². The van der Waals surface area contributed by atoms with Gasteiger partial charge in [0.05, 0.1) is 25.3 Å². The van der Waals surface area contributed by atoms with Crippen LogP contribution in [0.2, 0.25) is 0 Å². The summed E-state index contributed by atoms with van der Waals surface area (Å²) < 4.78 is 16.8. The maximum Gasteiger partial charge on any atom is 0.161 e. The lowest BCUT2D eigenvalue weighted by Gasteiger charge is -2.12. The van der Waals surface area contributed by atoms with Crippen LogP contribution in [0.4, 0.5) is 0 Å². The number of imidazole rings is 1. The molecule has 0 amide bonds. The van der Waals surface area contributed by atoms with Gasteiger partial charge in [0.15, 0.2) is 11.5 Å². The molecule has 4 aromatic rings. The minimum Gasteiger partial charge on any atom is -0.497 e. The fourth-order valence-electron chi connectivity index (χ4n) is 3.03.